The van der Waals surface area contributed by atoms with Crippen molar-refractivity contribution in [3.05, 3.63) is 77.9 Å². The molecule has 3 nitrogen and oxygen atoms in total. The highest BCUT2D eigenvalue weighted by Gasteiger charge is 2.33. The summed E-state index contributed by atoms with van der Waals surface area (Å²) in [6.45, 7) is 2.04. The van der Waals surface area contributed by atoms with Crippen molar-refractivity contribution in [2.24, 2.45) is 0 Å². The maximum atomic E-state index is 13.1. The zero-order valence-corrected chi connectivity index (χ0v) is 17.4. The van der Waals surface area contributed by atoms with E-state index in [1.54, 1.807) is 11.3 Å². The Bertz CT molecular complexity index is 1210. The first-order valence-electron chi connectivity index (χ1n) is 9.01. The second kappa shape index (κ2) is 8.04. The summed E-state index contributed by atoms with van der Waals surface area (Å²) in [4.78, 5) is 4.66. The minimum Gasteiger partial charge on any atom is -0.332 e. The summed E-state index contributed by atoms with van der Waals surface area (Å²) in [5, 5.41) is 6.53. The third kappa shape index (κ3) is 4.44. The largest absolute Gasteiger partial charge is 0.418 e. The summed E-state index contributed by atoms with van der Waals surface area (Å²) in [7, 11) is 0. The molecule has 152 valence electrons. The second-order valence-corrected chi connectivity index (χ2v) is 8.13. The number of hydrogen-bond donors (Lipinski definition) is 2. The lowest BCUT2D eigenvalue weighted by Crippen LogP contribution is -2.21. The van der Waals surface area contributed by atoms with E-state index < -0.39 is 11.7 Å². The normalized spacial score (nSPS) is 11.5. The SMILES string of the molecule is Cc1ccc2nc(-c3ccc(NC(=S)Nc4ccccc4C(F)(F)F)cc3)sc2c1. The minimum atomic E-state index is -4.46. The van der Waals surface area contributed by atoms with E-state index in [-0.39, 0.29) is 10.8 Å². The standard InChI is InChI=1S/C22H16F3N3S2/c1-13-6-11-18-19(12-13)30-20(27-18)14-7-9-15(10-8-14)26-21(29)28-17-5-3-2-4-16(17)22(23,24)25/h2-12H,1H3,(H2,26,28,29). The lowest BCUT2D eigenvalue weighted by atomic mass is 10.1. The van der Waals surface area contributed by atoms with Gasteiger partial charge in [0.15, 0.2) is 5.11 Å². The Kier molecular flexibility index (Phi) is 5.44. The second-order valence-electron chi connectivity index (χ2n) is 6.69. The molecule has 30 heavy (non-hydrogen) atoms. The van der Waals surface area contributed by atoms with Crippen molar-refractivity contribution in [3.63, 3.8) is 0 Å². The number of thiocarbonyl (C=S) groups is 1. The number of anilines is 2. The summed E-state index contributed by atoms with van der Waals surface area (Å²) in [5.74, 6) is 0. The molecule has 0 atom stereocenters. The number of para-hydroxylation sites is 1. The molecule has 1 heterocycles. The van der Waals surface area contributed by atoms with Crippen molar-refractivity contribution >= 4 is 50.3 Å². The van der Waals surface area contributed by atoms with Crippen molar-refractivity contribution < 1.29 is 13.2 Å². The number of halogens is 3. The fraction of sp³-hybridized carbons (Fsp3) is 0.0909. The molecule has 0 unspecified atom stereocenters. The summed E-state index contributed by atoms with van der Waals surface area (Å²) < 4.78 is 40.5. The van der Waals surface area contributed by atoms with Crippen molar-refractivity contribution in [2.75, 3.05) is 10.6 Å². The number of thiazole rings is 1. The molecule has 0 saturated heterocycles. The van der Waals surface area contributed by atoms with Gasteiger partial charge in [0.1, 0.15) is 5.01 Å². The van der Waals surface area contributed by atoms with Crippen LogP contribution >= 0.6 is 23.6 Å². The van der Waals surface area contributed by atoms with Gasteiger partial charge in [-0.15, -0.1) is 11.3 Å². The highest BCUT2D eigenvalue weighted by atomic mass is 32.1. The van der Waals surface area contributed by atoms with Gasteiger partial charge < -0.3 is 10.6 Å². The van der Waals surface area contributed by atoms with Gasteiger partial charge in [0.2, 0.25) is 0 Å². The monoisotopic (exact) mass is 443 g/mol. The van der Waals surface area contributed by atoms with Gasteiger partial charge in [-0.3, -0.25) is 0 Å². The van der Waals surface area contributed by atoms with Crippen molar-refractivity contribution in [1.82, 2.24) is 4.98 Å². The van der Waals surface area contributed by atoms with Crippen LogP contribution in [0.5, 0.6) is 0 Å². The van der Waals surface area contributed by atoms with Crippen LogP contribution in [0.25, 0.3) is 20.8 Å². The third-order valence-electron chi connectivity index (χ3n) is 4.41. The van der Waals surface area contributed by atoms with Crippen LogP contribution < -0.4 is 10.6 Å². The highest BCUT2D eigenvalue weighted by molar-refractivity contribution is 7.80. The summed E-state index contributed by atoms with van der Waals surface area (Å²) in [6.07, 6.45) is -4.46. The van der Waals surface area contributed by atoms with Crippen molar-refractivity contribution in [1.29, 1.82) is 0 Å². The molecule has 0 aliphatic heterocycles. The maximum absolute atomic E-state index is 13.1. The van der Waals surface area contributed by atoms with E-state index in [0.29, 0.717) is 5.69 Å². The molecule has 0 saturated carbocycles. The molecule has 8 heteroatoms. The first-order chi connectivity index (χ1) is 14.3. The number of alkyl halides is 3. The number of nitrogens with zero attached hydrogens (tertiary/aromatic N) is 1. The first-order valence-corrected chi connectivity index (χ1v) is 10.2. The predicted molar refractivity (Wildman–Crippen MR) is 121 cm³/mol. The molecule has 2 N–H and O–H groups in total. The van der Waals surface area contributed by atoms with E-state index in [2.05, 4.69) is 21.7 Å². The van der Waals surface area contributed by atoms with Crippen LogP contribution in [0.2, 0.25) is 0 Å². The summed E-state index contributed by atoms with van der Waals surface area (Å²) >= 11 is 6.80. The molecule has 0 radical (unpaired) electrons. The zero-order valence-electron chi connectivity index (χ0n) is 15.7. The van der Waals surface area contributed by atoms with E-state index >= 15 is 0 Å². The van der Waals surface area contributed by atoms with Gasteiger partial charge in [0.25, 0.3) is 0 Å². The summed E-state index contributed by atoms with van der Waals surface area (Å²) in [6, 6.07) is 18.8. The minimum absolute atomic E-state index is 0.0786. The van der Waals surface area contributed by atoms with Crippen LogP contribution in [-0.2, 0) is 6.18 Å². The fourth-order valence-electron chi connectivity index (χ4n) is 2.98. The van der Waals surface area contributed by atoms with E-state index in [1.165, 1.54) is 23.8 Å². The summed E-state index contributed by atoms with van der Waals surface area (Å²) in [5.41, 5.74) is 2.90. The molecule has 0 aliphatic carbocycles. The molecule has 0 aliphatic rings. The molecular formula is C22H16F3N3S2. The van der Waals surface area contributed by atoms with Gasteiger partial charge in [0, 0.05) is 11.3 Å². The quantitative estimate of drug-likeness (QED) is 0.331. The van der Waals surface area contributed by atoms with Crippen LogP contribution in [0.3, 0.4) is 0 Å². The molecule has 3 aromatic carbocycles. The number of rotatable bonds is 3. The molecule has 0 fully saturated rings. The van der Waals surface area contributed by atoms with Crippen molar-refractivity contribution in [2.45, 2.75) is 13.1 Å². The Morgan fingerprint density at radius 1 is 0.967 bits per heavy atom. The topological polar surface area (TPSA) is 37.0 Å². The average molecular weight is 444 g/mol. The lowest BCUT2D eigenvalue weighted by molar-refractivity contribution is -0.136. The number of hydrogen-bond acceptors (Lipinski definition) is 3. The Balaban J connectivity index is 1.48. The molecule has 1 aromatic heterocycles. The first kappa shape index (κ1) is 20.3. The van der Waals surface area contributed by atoms with Crippen LogP contribution in [0.4, 0.5) is 24.5 Å². The number of fused-ring (bicyclic) bond motifs is 1. The van der Waals surface area contributed by atoms with Gasteiger partial charge in [-0.25, -0.2) is 4.98 Å². The van der Waals surface area contributed by atoms with Gasteiger partial charge >= 0.3 is 6.18 Å². The number of nitrogens with one attached hydrogen (secondary N) is 2. The molecule has 4 rings (SSSR count). The zero-order chi connectivity index (χ0) is 21.3. The molecule has 4 aromatic rings. The van der Waals surface area contributed by atoms with Gasteiger partial charge in [-0.1, -0.05) is 18.2 Å². The smallest absolute Gasteiger partial charge is 0.332 e. The van der Waals surface area contributed by atoms with E-state index in [9.17, 15) is 13.2 Å². The van der Waals surface area contributed by atoms with E-state index in [4.69, 9.17) is 12.2 Å². The third-order valence-corrected chi connectivity index (χ3v) is 5.69. The highest BCUT2D eigenvalue weighted by Crippen LogP contribution is 2.35. The number of benzene rings is 3. The fourth-order valence-corrected chi connectivity index (χ4v) is 4.27. The van der Waals surface area contributed by atoms with Gasteiger partial charge in [-0.2, -0.15) is 13.2 Å². The van der Waals surface area contributed by atoms with Crippen LogP contribution in [0, 0.1) is 6.92 Å². The van der Waals surface area contributed by atoms with E-state index in [0.717, 1.165) is 26.9 Å². The van der Waals surface area contributed by atoms with Crippen LogP contribution in [0.15, 0.2) is 66.7 Å². The Labute approximate surface area is 180 Å². The van der Waals surface area contributed by atoms with Gasteiger partial charge in [0.05, 0.1) is 21.5 Å². The lowest BCUT2D eigenvalue weighted by Gasteiger charge is -2.15. The van der Waals surface area contributed by atoms with Crippen LogP contribution in [0.1, 0.15) is 11.1 Å². The van der Waals surface area contributed by atoms with Crippen LogP contribution in [-0.4, -0.2) is 10.1 Å². The average Bonchev–Trinajstić information content (AvgIpc) is 3.11. The molecule has 0 spiro atoms. The molecule has 0 amide bonds. The Hall–Kier alpha value is -2.97. The molecular weight excluding hydrogens is 427 g/mol. The predicted octanol–water partition coefficient (Wildman–Crippen LogP) is 7.10. The van der Waals surface area contributed by atoms with Crippen molar-refractivity contribution in [3.8, 4) is 10.6 Å². The number of aromatic nitrogens is 1. The molecule has 0 bridgehead atoms. The van der Waals surface area contributed by atoms with Gasteiger partial charge in [-0.05, 0) is 73.2 Å². The van der Waals surface area contributed by atoms with E-state index in [1.807, 2.05) is 43.3 Å². The Morgan fingerprint density at radius 2 is 1.70 bits per heavy atom. The Morgan fingerprint density at radius 3 is 2.43 bits per heavy atom. The number of aryl methyl sites for hydroxylation is 1. The maximum Gasteiger partial charge on any atom is 0.418 e.